The standard InChI is InChI=1S/C48H44N2P2/c51-30-43-38-24-32-23-33(25-38)29-48(43,28-32)42-27-41(35-13-5-2-6-14-35)40(34-11-3-1-4-12-34)26-39(42)31-52(46-21-19-36-15-7-9-17-44(36)49-46)47-22-20-37-16-8-10-18-45(37)50-47/h1-22,26-27,32-33,38,43H,23-25,28-31,51H2. The molecule has 52 heavy (non-hydrogen) atoms. The van der Waals surface area contributed by atoms with Gasteiger partial charge in [0, 0.05) is 24.9 Å². The zero-order chi connectivity index (χ0) is 34.6. The van der Waals surface area contributed by atoms with Gasteiger partial charge in [-0.3, -0.25) is 0 Å². The van der Waals surface area contributed by atoms with Gasteiger partial charge in [-0.15, -0.1) is 9.24 Å². The summed E-state index contributed by atoms with van der Waals surface area (Å²) in [5, 5.41) is 2.37. The minimum absolute atomic E-state index is 0.194. The highest BCUT2D eigenvalue weighted by atomic mass is 31.1. The van der Waals surface area contributed by atoms with Crippen LogP contribution < -0.4 is 10.9 Å². The van der Waals surface area contributed by atoms with E-state index in [1.54, 1.807) is 5.56 Å². The van der Waals surface area contributed by atoms with Crippen LogP contribution in [-0.2, 0) is 11.6 Å². The fourth-order valence-corrected chi connectivity index (χ4v) is 13.8. The van der Waals surface area contributed by atoms with E-state index in [1.165, 1.54) is 76.9 Å². The van der Waals surface area contributed by atoms with Gasteiger partial charge in [0.1, 0.15) is 0 Å². The normalized spacial score (nSPS) is 23.5. The van der Waals surface area contributed by atoms with Crippen molar-refractivity contribution in [2.75, 3.05) is 6.16 Å². The molecule has 0 spiro atoms. The van der Waals surface area contributed by atoms with E-state index in [0.717, 1.165) is 45.8 Å². The smallest absolute Gasteiger partial charge is 0.0709 e. The number of pyridine rings is 2. The summed E-state index contributed by atoms with van der Waals surface area (Å²) in [6.07, 6.45) is 9.03. The van der Waals surface area contributed by atoms with Crippen molar-refractivity contribution in [3.05, 3.63) is 157 Å². The predicted molar refractivity (Wildman–Crippen MR) is 224 cm³/mol. The van der Waals surface area contributed by atoms with E-state index in [0.29, 0.717) is 5.92 Å². The molecule has 4 unspecified atom stereocenters. The molecule has 0 saturated heterocycles. The molecule has 4 aliphatic rings. The molecule has 4 fully saturated rings. The molecule has 2 aromatic heterocycles. The fraction of sp³-hybridized carbons (Fsp3) is 0.250. The van der Waals surface area contributed by atoms with Gasteiger partial charge in [0.2, 0.25) is 0 Å². The summed E-state index contributed by atoms with van der Waals surface area (Å²) in [6.45, 7) is 0. The number of hydrogen-bond acceptors (Lipinski definition) is 2. The topological polar surface area (TPSA) is 25.8 Å². The van der Waals surface area contributed by atoms with Crippen LogP contribution >= 0.6 is 17.2 Å². The Kier molecular flexibility index (Phi) is 8.31. The Hall–Kier alpha value is -4.22. The van der Waals surface area contributed by atoms with Crippen molar-refractivity contribution in [1.29, 1.82) is 0 Å². The van der Waals surface area contributed by atoms with Crippen LogP contribution in [0.5, 0.6) is 0 Å². The third-order valence-electron chi connectivity index (χ3n) is 12.8. The fourth-order valence-electron chi connectivity index (χ4n) is 10.8. The Morgan fingerprint density at radius 2 is 1.10 bits per heavy atom. The molecule has 5 aromatic carbocycles. The summed E-state index contributed by atoms with van der Waals surface area (Å²) in [5.74, 6) is 3.21. The molecule has 4 heteroatoms. The van der Waals surface area contributed by atoms with Gasteiger partial charge in [-0.2, -0.15) is 0 Å². The van der Waals surface area contributed by atoms with E-state index in [2.05, 4.69) is 155 Å². The second-order valence-corrected chi connectivity index (χ2v) is 18.3. The quantitative estimate of drug-likeness (QED) is 0.147. The molecule has 7 aromatic rings. The number of fused-ring (bicyclic) bond motifs is 2. The maximum absolute atomic E-state index is 5.41. The van der Waals surface area contributed by atoms with Gasteiger partial charge in [0.15, 0.2) is 0 Å². The van der Waals surface area contributed by atoms with Crippen LogP contribution in [0.1, 0.15) is 43.2 Å². The summed E-state index contributed by atoms with van der Waals surface area (Å²) in [5.41, 5.74) is 13.0. The molecule has 4 bridgehead atoms. The Morgan fingerprint density at radius 3 is 1.65 bits per heavy atom. The number of para-hydroxylation sites is 2. The van der Waals surface area contributed by atoms with Crippen molar-refractivity contribution in [1.82, 2.24) is 9.97 Å². The van der Waals surface area contributed by atoms with Crippen molar-refractivity contribution in [3.63, 3.8) is 0 Å². The largest absolute Gasteiger partial charge is 0.248 e. The van der Waals surface area contributed by atoms with Gasteiger partial charge < -0.3 is 0 Å². The molecule has 256 valence electrons. The molecular formula is C48H44N2P2. The van der Waals surface area contributed by atoms with Crippen LogP contribution in [0.25, 0.3) is 44.1 Å². The minimum Gasteiger partial charge on any atom is -0.248 e. The maximum atomic E-state index is 5.41. The van der Waals surface area contributed by atoms with Crippen LogP contribution in [0.3, 0.4) is 0 Å². The number of nitrogens with zero attached hydrogens (tertiary/aromatic N) is 2. The molecule has 11 rings (SSSR count). The molecule has 2 nitrogen and oxygen atoms in total. The van der Waals surface area contributed by atoms with Gasteiger partial charge in [-0.25, -0.2) is 9.97 Å². The van der Waals surface area contributed by atoms with Gasteiger partial charge in [0.25, 0.3) is 0 Å². The number of benzene rings is 5. The second kappa shape index (κ2) is 13.3. The first kappa shape index (κ1) is 32.4. The maximum Gasteiger partial charge on any atom is 0.0709 e. The zero-order valence-corrected chi connectivity index (χ0v) is 31.6. The molecular weight excluding hydrogens is 666 g/mol. The van der Waals surface area contributed by atoms with Gasteiger partial charge >= 0.3 is 0 Å². The van der Waals surface area contributed by atoms with Crippen LogP contribution in [0, 0.1) is 23.7 Å². The summed E-state index contributed by atoms with van der Waals surface area (Å²) >= 11 is 0. The number of hydrogen-bond donors (Lipinski definition) is 0. The van der Waals surface area contributed by atoms with E-state index in [4.69, 9.17) is 9.97 Å². The van der Waals surface area contributed by atoms with E-state index >= 15 is 0 Å². The van der Waals surface area contributed by atoms with E-state index in [9.17, 15) is 0 Å². The van der Waals surface area contributed by atoms with Crippen LogP contribution in [0.2, 0.25) is 0 Å². The Morgan fingerprint density at radius 1 is 0.577 bits per heavy atom. The summed E-state index contributed by atoms with van der Waals surface area (Å²) in [4.78, 5) is 10.8. The first-order valence-electron chi connectivity index (χ1n) is 19.1. The Balaban J connectivity index is 1.22. The highest BCUT2D eigenvalue weighted by Crippen LogP contribution is 2.65. The number of aromatic nitrogens is 2. The highest BCUT2D eigenvalue weighted by molar-refractivity contribution is 7.71. The summed E-state index contributed by atoms with van der Waals surface area (Å²) < 4.78 is 0. The molecule has 4 aliphatic carbocycles. The Labute approximate surface area is 311 Å². The average molecular weight is 711 g/mol. The Bertz CT molecular complexity index is 2310. The van der Waals surface area contributed by atoms with Crippen molar-refractivity contribution >= 4 is 49.8 Å². The lowest BCUT2D eigenvalue weighted by molar-refractivity contribution is -0.0520. The van der Waals surface area contributed by atoms with E-state index in [1.807, 2.05) is 0 Å². The van der Waals surface area contributed by atoms with Crippen LogP contribution in [0.15, 0.2) is 146 Å². The molecule has 4 saturated carbocycles. The van der Waals surface area contributed by atoms with Crippen LogP contribution in [0.4, 0.5) is 0 Å². The van der Waals surface area contributed by atoms with Crippen molar-refractivity contribution in [3.8, 4) is 22.3 Å². The molecule has 4 atom stereocenters. The van der Waals surface area contributed by atoms with Crippen molar-refractivity contribution in [2.24, 2.45) is 23.7 Å². The molecule has 0 amide bonds. The summed E-state index contributed by atoms with van der Waals surface area (Å²) in [6, 6.07) is 53.8. The lowest BCUT2D eigenvalue weighted by Gasteiger charge is -2.62. The monoisotopic (exact) mass is 710 g/mol. The van der Waals surface area contributed by atoms with Gasteiger partial charge in [0.05, 0.1) is 21.9 Å². The van der Waals surface area contributed by atoms with E-state index < -0.39 is 7.92 Å². The lowest BCUT2D eigenvalue weighted by atomic mass is 9.43. The molecule has 0 N–H and O–H groups in total. The van der Waals surface area contributed by atoms with Gasteiger partial charge in [-0.1, -0.05) is 109 Å². The van der Waals surface area contributed by atoms with Gasteiger partial charge in [-0.05, 0) is 137 Å². The van der Waals surface area contributed by atoms with Crippen molar-refractivity contribution in [2.45, 2.75) is 43.7 Å². The van der Waals surface area contributed by atoms with E-state index in [-0.39, 0.29) is 5.41 Å². The lowest BCUT2D eigenvalue weighted by Crippen LogP contribution is -2.56. The minimum atomic E-state index is -0.922. The average Bonchev–Trinajstić information content (AvgIpc) is 3.19. The SMILES string of the molecule is PCC1C2CC3CC(C2)CC1(c1cc(-c2ccccc2)c(-c2ccccc2)cc1CP(c1ccc2ccccc2n1)c1ccc2ccccc2n1)C3. The molecule has 0 radical (unpaired) electrons. The molecule has 2 heterocycles. The third-order valence-corrected chi connectivity index (χ3v) is 15.5. The second-order valence-electron chi connectivity index (χ2n) is 15.7. The highest BCUT2D eigenvalue weighted by Gasteiger charge is 2.57. The van der Waals surface area contributed by atoms with Crippen molar-refractivity contribution < 1.29 is 0 Å². The molecule has 0 aliphatic heterocycles. The first-order chi connectivity index (χ1) is 25.6. The summed E-state index contributed by atoms with van der Waals surface area (Å²) in [7, 11) is 2.29. The third kappa shape index (κ3) is 5.62. The number of rotatable bonds is 8. The first-order valence-corrected chi connectivity index (χ1v) is 21.5. The zero-order valence-electron chi connectivity index (χ0n) is 29.5. The van der Waals surface area contributed by atoms with Crippen LogP contribution in [-0.4, -0.2) is 16.1 Å². The predicted octanol–water partition coefficient (Wildman–Crippen LogP) is 11.3.